The van der Waals surface area contributed by atoms with Gasteiger partial charge < -0.3 is 15.3 Å². The van der Waals surface area contributed by atoms with Crippen LogP contribution in [0.3, 0.4) is 0 Å². The Morgan fingerprint density at radius 3 is 2.74 bits per heavy atom. The summed E-state index contributed by atoms with van der Waals surface area (Å²) in [6.07, 6.45) is 7.90. The normalized spacial score (nSPS) is 27.9. The quantitative estimate of drug-likeness (QED) is 0.676. The zero-order valence-corrected chi connectivity index (χ0v) is 13.2. The van der Waals surface area contributed by atoms with E-state index in [4.69, 9.17) is 0 Å². The molecule has 0 aromatic carbocycles. The van der Waals surface area contributed by atoms with E-state index in [-0.39, 0.29) is 6.61 Å². The van der Waals surface area contributed by atoms with E-state index < -0.39 is 0 Å². The first-order valence-electron chi connectivity index (χ1n) is 8.13. The standard InChI is InChI=1S/C16H34N2O/c1-4-5-9-18(10-11-19)14-16(13-17-3)8-6-7-15(2)12-16/h15,17,19H,4-14H2,1-3H3. The van der Waals surface area contributed by atoms with Gasteiger partial charge in [-0.15, -0.1) is 0 Å². The lowest BCUT2D eigenvalue weighted by molar-refractivity contribution is 0.0711. The Kier molecular flexibility index (Phi) is 7.96. The minimum Gasteiger partial charge on any atom is -0.395 e. The summed E-state index contributed by atoms with van der Waals surface area (Å²) in [5.41, 5.74) is 0.426. The summed E-state index contributed by atoms with van der Waals surface area (Å²) in [7, 11) is 2.07. The van der Waals surface area contributed by atoms with Gasteiger partial charge in [0.1, 0.15) is 0 Å². The monoisotopic (exact) mass is 270 g/mol. The summed E-state index contributed by atoms with van der Waals surface area (Å²) in [5, 5.41) is 12.7. The van der Waals surface area contributed by atoms with E-state index in [0.717, 1.165) is 32.1 Å². The van der Waals surface area contributed by atoms with Crippen molar-refractivity contribution in [2.75, 3.05) is 39.8 Å². The fourth-order valence-corrected chi connectivity index (χ4v) is 3.77. The van der Waals surface area contributed by atoms with Crippen LogP contribution in [-0.4, -0.2) is 49.8 Å². The summed E-state index contributed by atoms with van der Waals surface area (Å²) in [4.78, 5) is 2.48. The minimum atomic E-state index is 0.287. The number of unbranched alkanes of at least 4 members (excludes halogenated alkanes) is 1. The van der Waals surface area contributed by atoms with Crippen LogP contribution in [0.25, 0.3) is 0 Å². The summed E-state index contributed by atoms with van der Waals surface area (Å²) in [6.45, 7) is 9.16. The maximum absolute atomic E-state index is 9.27. The molecule has 0 saturated heterocycles. The lowest BCUT2D eigenvalue weighted by atomic mass is 9.69. The molecule has 1 aliphatic carbocycles. The zero-order chi connectivity index (χ0) is 14.1. The lowest BCUT2D eigenvalue weighted by Crippen LogP contribution is -2.47. The maximum Gasteiger partial charge on any atom is 0.0558 e. The average molecular weight is 270 g/mol. The third-order valence-corrected chi connectivity index (χ3v) is 4.54. The molecule has 3 nitrogen and oxygen atoms in total. The van der Waals surface area contributed by atoms with Gasteiger partial charge >= 0.3 is 0 Å². The van der Waals surface area contributed by atoms with Crippen LogP contribution in [0, 0.1) is 11.3 Å². The van der Waals surface area contributed by atoms with Crippen molar-refractivity contribution in [3.63, 3.8) is 0 Å². The molecule has 0 bridgehead atoms. The fraction of sp³-hybridized carbons (Fsp3) is 1.00. The molecule has 1 saturated carbocycles. The molecule has 0 radical (unpaired) electrons. The lowest BCUT2D eigenvalue weighted by Gasteiger charge is -2.43. The molecule has 2 N–H and O–H groups in total. The molecule has 114 valence electrons. The maximum atomic E-state index is 9.27. The molecular formula is C16H34N2O. The number of nitrogens with one attached hydrogen (secondary N) is 1. The minimum absolute atomic E-state index is 0.287. The summed E-state index contributed by atoms with van der Waals surface area (Å²) in [6, 6.07) is 0. The molecule has 0 aromatic heterocycles. The van der Waals surface area contributed by atoms with Crippen LogP contribution in [0.4, 0.5) is 0 Å². The van der Waals surface area contributed by atoms with Gasteiger partial charge in [-0.3, -0.25) is 0 Å². The molecule has 1 fully saturated rings. The number of rotatable bonds is 9. The topological polar surface area (TPSA) is 35.5 Å². The molecule has 0 amide bonds. The highest BCUT2D eigenvalue weighted by Crippen LogP contribution is 2.39. The van der Waals surface area contributed by atoms with Crippen LogP contribution in [-0.2, 0) is 0 Å². The van der Waals surface area contributed by atoms with Crippen LogP contribution in [0.15, 0.2) is 0 Å². The Labute approximate surface area is 119 Å². The van der Waals surface area contributed by atoms with Crippen molar-refractivity contribution in [2.45, 2.75) is 52.4 Å². The van der Waals surface area contributed by atoms with Gasteiger partial charge in [0.05, 0.1) is 6.61 Å². The molecule has 1 aliphatic rings. The average Bonchev–Trinajstić information content (AvgIpc) is 2.36. The number of hydrogen-bond donors (Lipinski definition) is 2. The van der Waals surface area contributed by atoms with E-state index in [1.807, 2.05) is 0 Å². The van der Waals surface area contributed by atoms with E-state index in [9.17, 15) is 5.11 Å². The van der Waals surface area contributed by atoms with E-state index in [1.165, 1.54) is 38.5 Å². The Morgan fingerprint density at radius 1 is 1.37 bits per heavy atom. The summed E-state index contributed by atoms with van der Waals surface area (Å²) < 4.78 is 0. The van der Waals surface area contributed by atoms with Crippen LogP contribution < -0.4 is 5.32 Å². The smallest absolute Gasteiger partial charge is 0.0558 e. The van der Waals surface area contributed by atoms with E-state index in [1.54, 1.807) is 0 Å². The van der Waals surface area contributed by atoms with Gasteiger partial charge in [-0.2, -0.15) is 0 Å². The predicted molar refractivity (Wildman–Crippen MR) is 82.4 cm³/mol. The van der Waals surface area contributed by atoms with Gasteiger partial charge in [0.2, 0.25) is 0 Å². The van der Waals surface area contributed by atoms with E-state index >= 15 is 0 Å². The van der Waals surface area contributed by atoms with Gasteiger partial charge in [0, 0.05) is 19.6 Å². The molecule has 2 unspecified atom stereocenters. The Hall–Kier alpha value is -0.120. The second-order valence-electron chi connectivity index (χ2n) is 6.59. The summed E-state index contributed by atoms with van der Waals surface area (Å²) >= 11 is 0. The molecular weight excluding hydrogens is 236 g/mol. The van der Waals surface area contributed by atoms with Crippen LogP contribution in [0.1, 0.15) is 52.4 Å². The fourth-order valence-electron chi connectivity index (χ4n) is 3.77. The highest BCUT2D eigenvalue weighted by molar-refractivity contribution is 4.89. The van der Waals surface area contributed by atoms with Crippen molar-refractivity contribution in [1.82, 2.24) is 10.2 Å². The molecule has 3 heteroatoms. The van der Waals surface area contributed by atoms with Gasteiger partial charge in [-0.05, 0) is 44.2 Å². The van der Waals surface area contributed by atoms with Crippen molar-refractivity contribution in [3.8, 4) is 0 Å². The number of aliphatic hydroxyl groups excluding tert-OH is 1. The van der Waals surface area contributed by atoms with Crippen molar-refractivity contribution >= 4 is 0 Å². The summed E-state index contributed by atoms with van der Waals surface area (Å²) in [5.74, 6) is 0.851. The van der Waals surface area contributed by atoms with Crippen LogP contribution in [0.2, 0.25) is 0 Å². The molecule has 0 aliphatic heterocycles. The number of aliphatic hydroxyl groups is 1. The largest absolute Gasteiger partial charge is 0.395 e. The second-order valence-corrected chi connectivity index (χ2v) is 6.59. The molecule has 19 heavy (non-hydrogen) atoms. The van der Waals surface area contributed by atoms with Crippen molar-refractivity contribution in [3.05, 3.63) is 0 Å². The molecule has 0 aromatic rings. The molecule has 1 rings (SSSR count). The first-order valence-corrected chi connectivity index (χ1v) is 8.13. The van der Waals surface area contributed by atoms with Crippen molar-refractivity contribution < 1.29 is 5.11 Å². The Morgan fingerprint density at radius 2 is 2.16 bits per heavy atom. The second kappa shape index (κ2) is 8.93. The molecule has 0 spiro atoms. The zero-order valence-electron chi connectivity index (χ0n) is 13.2. The number of nitrogens with zero attached hydrogens (tertiary/aromatic N) is 1. The van der Waals surface area contributed by atoms with E-state index in [0.29, 0.717) is 5.41 Å². The highest BCUT2D eigenvalue weighted by atomic mass is 16.3. The first-order chi connectivity index (χ1) is 9.15. The molecule has 2 atom stereocenters. The SMILES string of the molecule is CCCCN(CCO)CC1(CNC)CCCC(C)C1. The van der Waals surface area contributed by atoms with Crippen LogP contribution in [0.5, 0.6) is 0 Å². The molecule has 0 heterocycles. The van der Waals surface area contributed by atoms with Crippen molar-refractivity contribution in [2.24, 2.45) is 11.3 Å². The number of hydrogen-bond acceptors (Lipinski definition) is 3. The van der Waals surface area contributed by atoms with Crippen LogP contribution >= 0.6 is 0 Å². The first kappa shape index (κ1) is 16.9. The Bertz CT molecular complexity index is 231. The van der Waals surface area contributed by atoms with Gasteiger partial charge in [-0.1, -0.05) is 33.1 Å². The highest BCUT2D eigenvalue weighted by Gasteiger charge is 2.35. The van der Waals surface area contributed by atoms with Gasteiger partial charge in [0.25, 0.3) is 0 Å². The third kappa shape index (κ3) is 5.80. The predicted octanol–water partition coefficient (Wildman–Crippen LogP) is 2.50. The Balaban J connectivity index is 2.62. The van der Waals surface area contributed by atoms with Gasteiger partial charge in [0.15, 0.2) is 0 Å². The van der Waals surface area contributed by atoms with Gasteiger partial charge in [-0.25, -0.2) is 0 Å². The van der Waals surface area contributed by atoms with E-state index in [2.05, 4.69) is 31.1 Å². The van der Waals surface area contributed by atoms with Crippen molar-refractivity contribution in [1.29, 1.82) is 0 Å². The third-order valence-electron chi connectivity index (χ3n) is 4.54.